The molecule has 0 aromatic carbocycles. The van der Waals surface area contributed by atoms with Crippen LogP contribution in [0.4, 0.5) is 0 Å². The Morgan fingerprint density at radius 2 is 1.95 bits per heavy atom. The van der Waals surface area contributed by atoms with Gasteiger partial charge in [0.15, 0.2) is 0 Å². The first-order valence-corrected chi connectivity index (χ1v) is 7.95. The third kappa shape index (κ3) is 3.93. The Hall–Kier alpha value is -0.650. The van der Waals surface area contributed by atoms with Gasteiger partial charge in [0.25, 0.3) is 0 Å². The van der Waals surface area contributed by atoms with Crippen LogP contribution in [0.25, 0.3) is 0 Å². The van der Waals surface area contributed by atoms with Gasteiger partial charge in [-0.3, -0.25) is 9.69 Å². The molecule has 2 aliphatic rings. The molecular formula is C15H29N3O2. The monoisotopic (exact) mass is 283 g/mol. The van der Waals surface area contributed by atoms with E-state index in [0.29, 0.717) is 13.1 Å². The number of carbonyl (C=O) groups excluding carboxylic acids is 1. The van der Waals surface area contributed by atoms with Gasteiger partial charge in [0.05, 0.1) is 6.54 Å². The maximum Gasteiger partial charge on any atom is 0.234 e. The lowest BCUT2D eigenvalue weighted by molar-refractivity contribution is -0.125. The van der Waals surface area contributed by atoms with Gasteiger partial charge in [-0.05, 0) is 32.7 Å². The maximum absolute atomic E-state index is 12.2. The van der Waals surface area contributed by atoms with Crippen LogP contribution in [-0.2, 0) is 9.53 Å². The minimum absolute atomic E-state index is 0.0330. The zero-order valence-corrected chi connectivity index (χ0v) is 12.7. The van der Waals surface area contributed by atoms with Crippen molar-refractivity contribution < 1.29 is 9.53 Å². The molecule has 1 aliphatic carbocycles. The Balaban J connectivity index is 1.82. The summed E-state index contributed by atoms with van der Waals surface area (Å²) in [4.78, 5) is 14.4. The molecule has 5 nitrogen and oxygen atoms in total. The largest absolute Gasteiger partial charge is 0.381 e. The standard InChI is InChI=1S/C15H29N3O2/c1-18(15(12-16)7-3-2-4-8-15)11-14(19)17-13-5-9-20-10-6-13/h13H,2-12,16H2,1H3,(H,17,19). The summed E-state index contributed by atoms with van der Waals surface area (Å²) >= 11 is 0. The SMILES string of the molecule is CN(CC(=O)NC1CCOCC1)C1(CN)CCCCC1. The second kappa shape index (κ2) is 7.38. The molecule has 20 heavy (non-hydrogen) atoms. The van der Waals surface area contributed by atoms with Crippen molar-refractivity contribution in [1.29, 1.82) is 0 Å². The zero-order chi connectivity index (χ0) is 14.4. The van der Waals surface area contributed by atoms with Gasteiger partial charge in [0.2, 0.25) is 5.91 Å². The average Bonchev–Trinajstić information content (AvgIpc) is 2.48. The van der Waals surface area contributed by atoms with Crippen LogP contribution in [0.1, 0.15) is 44.9 Å². The maximum atomic E-state index is 12.2. The van der Waals surface area contributed by atoms with Gasteiger partial charge >= 0.3 is 0 Å². The predicted octanol–water partition coefficient (Wildman–Crippen LogP) is 0.875. The molecule has 0 aromatic rings. The van der Waals surface area contributed by atoms with E-state index < -0.39 is 0 Å². The lowest BCUT2D eigenvalue weighted by Crippen LogP contribution is -2.56. The lowest BCUT2D eigenvalue weighted by atomic mass is 9.80. The highest BCUT2D eigenvalue weighted by Gasteiger charge is 2.35. The highest BCUT2D eigenvalue weighted by molar-refractivity contribution is 5.78. The number of nitrogens with zero attached hydrogens (tertiary/aromatic N) is 1. The van der Waals surface area contributed by atoms with Crippen molar-refractivity contribution in [2.24, 2.45) is 5.73 Å². The van der Waals surface area contributed by atoms with E-state index in [-0.39, 0.29) is 17.5 Å². The van der Waals surface area contributed by atoms with Crippen LogP contribution in [0.15, 0.2) is 0 Å². The molecule has 5 heteroatoms. The summed E-state index contributed by atoms with van der Waals surface area (Å²) in [5.74, 6) is 0.123. The van der Waals surface area contributed by atoms with Crippen LogP contribution >= 0.6 is 0 Å². The van der Waals surface area contributed by atoms with Crippen LogP contribution in [0.5, 0.6) is 0 Å². The molecule has 0 aromatic heterocycles. The van der Waals surface area contributed by atoms with Crippen molar-refractivity contribution >= 4 is 5.91 Å². The van der Waals surface area contributed by atoms with Crippen molar-refractivity contribution in [3.63, 3.8) is 0 Å². The van der Waals surface area contributed by atoms with Crippen molar-refractivity contribution in [2.45, 2.75) is 56.5 Å². The number of hydrogen-bond donors (Lipinski definition) is 2. The molecule has 116 valence electrons. The summed E-state index contributed by atoms with van der Waals surface area (Å²) in [5, 5.41) is 3.13. The van der Waals surface area contributed by atoms with Crippen molar-refractivity contribution in [1.82, 2.24) is 10.2 Å². The first-order valence-electron chi connectivity index (χ1n) is 7.95. The van der Waals surface area contributed by atoms with Crippen LogP contribution in [0, 0.1) is 0 Å². The topological polar surface area (TPSA) is 67.6 Å². The van der Waals surface area contributed by atoms with Crippen LogP contribution < -0.4 is 11.1 Å². The number of ether oxygens (including phenoxy) is 1. The number of likely N-dealkylation sites (N-methyl/N-ethyl adjacent to an activating group) is 1. The van der Waals surface area contributed by atoms with E-state index in [1.807, 2.05) is 7.05 Å². The van der Waals surface area contributed by atoms with Crippen molar-refractivity contribution in [2.75, 3.05) is 33.4 Å². The van der Waals surface area contributed by atoms with Gasteiger partial charge in [-0.15, -0.1) is 0 Å². The number of carbonyl (C=O) groups is 1. The van der Waals surface area contributed by atoms with E-state index in [2.05, 4.69) is 10.2 Å². The molecule has 0 spiro atoms. The van der Waals surface area contributed by atoms with Crippen molar-refractivity contribution in [3.8, 4) is 0 Å². The average molecular weight is 283 g/mol. The fraction of sp³-hybridized carbons (Fsp3) is 0.933. The quantitative estimate of drug-likeness (QED) is 0.786. The van der Waals surface area contributed by atoms with E-state index in [0.717, 1.165) is 38.9 Å². The predicted molar refractivity (Wildman–Crippen MR) is 79.5 cm³/mol. The minimum Gasteiger partial charge on any atom is -0.381 e. The number of nitrogens with one attached hydrogen (secondary N) is 1. The molecule has 1 saturated heterocycles. The molecule has 1 aliphatic heterocycles. The van der Waals surface area contributed by atoms with Gasteiger partial charge in [0.1, 0.15) is 0 Å². The summed E-state index contributed by atoms with van der Waals surface area (Å²) in [6.07, 6.45) is 7.83. The summed E-state index contributed by atoms with van der Waals surface area (Å²) in [5.41, 5.74) is 6.04. The molecule has 1 amide bonds. The Labute approximate surface area is 122 Å². The normalized spacial score (nSPS) is 23.8. The third-order valence-corrected chi connectivity index (χ3v) is 4.94. The number of amides is 1. The van der Waals surface area contributed by atoms with Gasteiger partial charge in [-0.2, -0.15) is 0 Å². The fourth-order valence-corrected chi connectivity index (χ4v) is 3.45. The van der Waals surface area contributed by atoms with E-state index in [4.69, 9.17) is 10.5 Å². The Morgan fingerprint density at radius 3 is 2.55 bits per heavy atom. The number of rotatable bonds is 5. The lowest BCUT2D eigenvalue weighted by Gasteiger charge is -2.44. The highest BCUT2D eigenvalue weighted by Crippen LogP contribution is 2.31. The van der Waals surface area contributed by atoms with Gasteiger partial charge in [0, 0.05) is 31.3 Å². The highest BCUT2D eigenvalue weighted by atomic mass is 16.5. The van der Waals surface area contributed by atoms with Gasteiger partial charge in [-0.1, -0.05) is 19.3 Å². The second-order valence-corrected chi connectivity index (χ2v) is 6.30. The smallest absolute Gasteiger partial charge is 0.234 e. The van der Waals surface area contributed by atoms with Gasteiger partial charge in [-0.25, -0.2) is 0 Å². The molecule has 3 N–H and O–H groups in total. The molecular weight excluding hydrogens is 254 g/mol. The minimum atomic E-state index is 0.0330. The second-order valence-electron chi connectivity index (χ2n) is 6.30. The molecule has 0 atom stereocenters. The summed E-state index contributed by atoms with van der Waals surface area (Å²) in [6.45, 7) is 2.61. The molecule has 2 fully saturated rings. The molecule has 0 unspecified atom stereocenters. The first kappa shape index (κ1) is 15.7. The Morgan fingerprint density at radius 1 is 1.30 bits per heavy atom. The molecule has 0 bridgehead atoms. The molecule has 2 rings (SSSR count). The Bertz CT molecular complexity index is 310. The summed E-state index contributed by atoms with van der Waals surface area (Å²) in [6, 6.07) is 0.282. The van der Waals surface area contributed by atoms with Gasteiger partial charge < -0.3 is 15.8 Å². The van der Waals surface area contributed by atoms with Crippen molar-refractivity contribution in [3.05, 3.63) is 0 Å². The molecule has 1 heterocycles. The number of nitrogens with two attached hydrogens (primary N) is 1. The zero-order valence-electron chi connectivity index (χ0n) is 12.7. The van der Waals surface area contributed by atoms with E-state index in [1.54, 1.807) is 0 Å². The number of hydrogen-bond acceptors (Lipinski definition) is 4. The third-order valence-electron chi connectivity index (χ3n) is 4.94. The Kier molecular flexibility index (Phi) is 5.81. The fourth-order valence-electron chi connectivity index (χ4n) is 3.45. The van der Waals surface area contributed by atoms with E-state index in [1.165, 1.54) is 19.3 Å². The van der Waals surface area contributed by atoms with Crippen LogP contribution in [0.2, 0.25) is 0 Å². The van der Waals surface area contributed by atoms with E-state index >= 15 is 0 Å². The molecule has 0 radical (unpaired) electrons. The summed E-state index contributed by atoms with van der Waals surface area (Å²) < 4.78 is 5.31. The molecule has 1 saturated carbocycles. The van der Waals surface area contributed by atoms with Crippen LogP contribution in [-0.4, -0.2) is 55.7 Å². The first-order chi connectivity index (χ1) is 9.66. The van der Waals surface area contributed by atoms with Crippen LogP contribution in [0.3, 0.4) is 0 Å². The van der Waals surface area contributed by atoms with E-state index in [9.17, 15) is 4.79 Å². The summed E-state index contributed by atoms with van der Waals surface area (Å²) in [7, 11) is 2.04.